The smallest absolute Gasteiger partial charge is 0.213 e. The largest absolute Gasteiger partial charge is 0.363 e. The summed E-state index contributed by atoms with van der Waals surface area (Å²) in [6, 6.07) is 3.67. The van der Waals surface area contributed by atoms with E-state index in [-0.39, 0.29) is 0 Å². The summed E-state index contributed by atoms with van der Waals surface area (Å²) in [4.78, 5) is 8.24. The van der Waals surface area contributed by atoms with Gasteiger partial charge in [0.05, 0.1) is 12.7 Å². The molecule has 3 rings (SSSR count). The third-order valence-electron chi connectivity index (χ3n) is 2.09. The van der Waals surface area contributed by atoms with Gasteiger partial charge >= 0.3 is 0 Å². The maximum absolute atomic E-state index is 4.63. The van der Waals surface area contributed by atoms with Gasteiger partial charge in [0.2, 0.25) is 6.39 Å². The van der Waals surface area contributed by atoms with Crippen molar-refractivity contribution in [3.05, 3.63) is 36.7 Å². The van der Waals surface area contributed by atoms with Gasteiger partial charge in [0, 0.05) is 12.3 Å². The van der Waals surface area contributed by atoms with Crippen LogP contribution in [0.2, 0.25) is 0 Å². The Balaban J connectivity index is 1.78. The zero-order valence-corrected chi connectivity index (χ0v) is 8.24. The van der Waals surface area contributed by atoms with E-state index in [4.69, 9.17) is 0 Å². The maximum Gasteiger partial charge on any atom is 0.213 e. The molecule has 0 unspecified atom stereocenters. The number of nitrogens with zero attached hydrogens (tertiary/aromatic N) is 5. The van der Waals surface area contributed by atoms with Crippen molar-refractivity contribution in [2.45, 2.75) is 6.54 Å². The fourth-order valence-corrected chi connectivity index (χ4v) is 1.35. The van der Waals surface area contributed by atoms with Crippen molar-refractivity contribution in [3.63, 3.8) is 0 Å². The highest BCUT2D eigenvalue weighted by molar-refractivity contribution is 5.45. The maximum atomic E-state index is 4.63. The van der Waals surface area contributed by atoms with E-state index < -0.39 is 0 Å². The second kappa shape index (κ2) is 3.61. The quantitative estimate of drug-likeness (QED) is 0.694. The summed E-state index contributed by atoms with van der Waals surface area (Å²) in [5.74, 6) is 1.34. The molecule has 0 atom stereocenters. The highest BCUT2D eigenvalue weighted by atomic mass is 16.5. The normalized spacial score (nSPS) is 10.8. The molecular weight excluding hydrogens is 208 g/mol. The van der Waals surface area contributed by atoms with E-state index in [0.717, 1.165) is 11.5 Å². The fourth-order valence-electron chi connectivity index (χ4n) is 1.35. The van der Waals surface area contributed by atoms with Crippen LogP contribution in [0.3, 0.4) is 0 Å². The fraction of sp³-hybridized carbons (Fsp3) is 0.111. The molecule has 16 heavy (non-hydrogen) atoms. The first-order chi connectivity index (χ1) is 7.92. The Morgan fingerprint density at radius 1 is 1.38 bits per heavy atom. The lowest BCUT2D eigenvalue weighted by atomic mass is 10.5. The van der Waals surface area contributed by atoms with E-state index in [0.29, 0.717) is 12.4 Å². The minimum absolute atomic E-state index is 0.480. The third kappa shape index (κ3) is 1.58. The number of nitrogens with one attached hydrogen (secondary N) is 1. The molecule has 7 heteroatoms. The summed E-state index contributed by atoms with van der Waals surface area (Å²) in [6.07, 6.45) is 4.83. The molecule has 0 saturated carbocycles. The standard InChI is InChI=1S/C9H8N6O/c1-3-12-15-4-2-7(13-9(1)15)10-5-8-11-6-16-14-8/h1-4,6H,5H2,(H,10,13). The van der Waals surface area contributed by atoms with Crippen molar-refractivity contribution < 1.29 is 4.52 Å². The van der Waals surface area contributed by atoms with Gasteiger partial charge < -0.3 is 9.84 Å². The molecule has 3 aromatic heterocycles. The number of aromatic nitrogens is 5. The van der Waals surface area contributed by atoms with Crippen LogP contribution in [0.5, 0.6) is 0 Å². The van der Waals surface area contributed by atoms with E-state index in [1.54, 1.807) is 10.7 Å². The summed E-state index contributed by atoms with van der Waals surface area (Å²) in [5.41, 5.74) is 0.790. The third-order valence-corrected chi connectivity index (χ3v) is 2.09. The van der Waals surface area contributed by atoms with Crippen molar-refractivity contribution in [2.24, 2.45) is 0 Å². The predicted molar refractivity (Wildman–Crippen MR) is 54.6 cm³/mol. The van der Waals surface area contributed by atoms with Crippen LogP contribution in [0.15, 0.2) is 35.4 Å². The highest BCUT2D eigenvalue weighted by Crippen LogP contribution is 2.06. The average Bonchev–Trinajstić information content (AvgIpc) is 2.97. The van der Waals surface area contributed by atoms with Gasteiger partial charge in [0.15, 0.2) is 11.5 Å². The predicted octanol–water partition coefficient (Wildman–Crippen LogP) is 0.724. The van der Waals surface area contributed by atoms with Crippen molar-refractivity contribution in [1.29, 1.82) is 0 Å². The lowest BCUT2D eigenvalue weighted by molar-refractivity contribution is 0.411. The molecule has 3 aromatic rings. The van der Waals surface area contributed by atoms with Crippen LogP contribution in [0.25, 0.3) is 5.65 Å². The van der Waals surface area contributed by atoms with E-state index >= 15 is 0 Å². The second-order valence-corrected chi connectivity index (χ2v) is 3.15. The van der Waals surface area contributed by atoms with Crippen LogP contribution in [-0.4, -0.2) is 24.7 Å². The molecule has 0 aliphatic rings. The molecule has 80 valence electrons. The molecule has 0 saturated heterocycles. The Hall–Kier alpha value is -2.44. The zero-order valence-electron chi connectivity index (χ0n) is 8.24. The van der Waals surface area contributed by atoms with E-state index in [2.05, 4.69) is 30.1 Å². The molecular formula is C9H8N6O. The van der Waals surface area contributed by atoms with Crippen LogP contribution in [0.1, 0.15) is 5.82 Å². The summed E-state index contributed by atoms with van der Waals surface area (Å²) >= 11 is 0. The highest BCUT2D eigenvalue weighted by Gasteiger charge is 2.00. The Kier molecular flexibility index (Phi) is 1.99. The van der Waals surface area contributed by atoms with Crippen molar-refractivity contribution >= 4 is 11.5 Å². The van der Waals surface area contributed by atoms with Crippen LogP contribution in [0.4, 0.5) is 5.82 Å². The Bertz CT molecular complexity index is 587. The first kappa shape index (κ1) is 8.84. The summed E-state index contributed by atoms with van der Waals surface area (Å²) in [6.45, 7) is 0.480. The monoisotopic (exact) mass is 216 g/mol. The number of anilines is 1. The number of hydrogen-bond donors (Lipinski definition) is 1. The van der Waals surface area contributed by atoms with E-state index in [1.165, 1.54) is 6.39 Å². The number of fused-ring (bicyclic) bond motifs is 1. The van der Waals surface area contributed by atoms with Gasteiger partial charge in [-0.2, -0.15) is 10.1 Å². The minimum Gasteiger partial charge on any atom is -0.363 e. The van der Waals surface area contributed by atoms with Crippen LogP contribution >= 0.6 is 0 Å². The van der Waals surface area contributed by atoms with Crippen molar-refractivity contribution in [2.75, 3.05) is 5.32 Å². The second-order valence-electron chi connectivity index (χ2n) is 3.15. The van der Waals surface area contributed by atoms with Gasteiger partial charge in [-0.1, -0.05) is 5.16 Å². The minimum atomic E-state index is 0.480. The van der Waals surface area contributed by atoms with E-state index in [9.17, 15) is 0 Å². The molecule has 0 aliphatic heterocycles. The first-order valence-electron chi connectivity index (χ1n) is 4.71. The summed E-state index contributed by atoms with van der Waals surface area (Å²) < 4.78 is 6.32. The van der Waals surface area contributed by atoms with Gasteiger partial charge in [-0.3, -0.25) is 0 Å². The summed E-state index contributed by atoms with van der Waals surface area (Å²) in [5, 5.41) is 10.8. The number of hydrogen-bond acceptors (Lipinski definition) is 6. The molecule has 0 aliphatic carbocycles. The molecule has 1 N–H and O–H groups in total. The van der Waals surface area contributed by atoms with Gasteiger partial charge in [0.25, 0.3) is 0 Å². The molecule has 0 aromatic carbocycles. The molecule has 0 radical (unpaired) electrons. The molecule has 3 heterocycles. The average molecular weight is 216 g/mol. The van der Waals surface area contributed by atoms with E-state index in [1.807, 2.05) is 18.3 Å². The van der Waals surface area contributed by atoms with Crippen LogP contribution in [0, 0.1) is 0 Å². The van der Waals surface area contributed by atoms with Gasteiger partial charge in [-0.05, 0) is 6.07 Å². The van der Waals surface area contributed by atoms with Crippen LogP contribution in [-0.2, 0) is 6.54 Å². The molecule has 7 nitrogen and oxygen atoms in total. The lowest BCUT2D eigenvalue weighted by Gasteiger charge is -2.02. The van der Waals surface area contributed by atoms with Gasteiger partial charge in [-0.15, -0.1) is 0 Å². The molecule has 0 amide bonds. The first-order valence-corrected chi connectivity index (χ1v) is 4.71. The Labute approximate surface area is 90.1 Å². The molecule has 0 spiro atoms. The SMILES string of the molecule is c1cc2nc(NCc3ncon3)ccn2n1. The zero-order chi connectivity index (χ0) is 10.8. The molecule has 0 fully saturated rings. The molecule has 0 bridgehead atoms. The topological polar surface area (TPSA) is 81.1 Å². The van der Waals surface area contributed by atoms with Crippen molar-refractivity contribution in [1.82, 2.24) is 24.7 Å². The Morgan fingerprint density at radius 2 is 2.38 bits per heavy atom. The van der Waals surface area contributed by atoms with Gasteiger partial charge in [-0.25, -0.2) is 9.50 Å². The van der Waals surface area contributed by atoms with Crippen LogP contribution < -0.4 is 5.32 Å². The van der Waals surface area contributed by atoms with Crippen molar-refractivity contribution in [3.8, 4) is 0 Å². The number of rotatable bonds is 3. The van der Waals surface area contributed by atoms with Gasteiger partial charge in [0.1, 0.15) is 5.82 Å². The Morgan fingerprint density at radius 3 is 3.25 bits per heavy atom. The summed E-state index contributed by atoms with van der Waals surface area (Å²) in [7, 11) is 0. The lowest BCUT2D eigenvalue weighted by Crippen LogP contribution is -2.03.